The Balaban J connectivity index is 0. The van der Waals surface area contributed by atoms with Gasteiger partial charge in [0.15, 0.2) is 0 Å². The summed E-state index contributed by atoms with van der Waals surface area (Å²) in [6.07, 6.45) is 1.10. The van der Waals surface area contributed by atoms with Crippen molar-refractivity contribution in [1.29, 1.82) is 0 Å². The second-order valence-corrected chi connectivity index (χ2v) is 6.16. The van der Waals surface area contributed by atoms with E-state index in [1.54, 1.807) is 9.80 Å². The Morgan fingerprint density at radius 3 is 1.27 bits per heavy atom. The number of rotatable bonds is 14. The van der Waals surface area contributed by atoms with Crippen molar-refractivity contribution >= 4 is 0 Å². The summed E-state index contributed by atoms with van der Waals surface area (Å²) in [6.45, 7) is 22.6. The van der Waals surface area contributed by atoms with Gasteiger partial charge in [-0.2, -0.15) is 0 Å². The maximum Gasteiger partial charge on any atom is 1.00 e. The number of hydrogen-bond donors (Lipinski definition) is 2. The molecule has 4 nitrogen and oxygen atoms in total. The molecule has 0 bridgehead atoms. The van der Waals surface area contributed by atoms with Gasteiger partial charge in [-0.1, -0.05) is 33.4 Å². The van der Waals surface area contributed by atoms with Crippen molar-refractivity contribution < 1.29 is 28.7 Å². The third-order valence-electron chi connectivity index (χ3n) is 4.49. The molecule has 0 saturated heterocycles. The summed E-state index contributed by atoms with van der Waals surface area (Å²) in [5.74, 6) is 0. The molecule has 0 heterocycles. The van der Waals surface area contributed by atoms with Crippen molar-refractivity contribution in [1.82, 2.24) is 0 Å². The summed E-state index contributed by atoms with van der Waals surface area (Å²) in [5.41, 5.74) is 0. The summed E-state index contributed by atoms with van der Waals surface area (Å²) in [4.78, 5) is 3.29. The first-order valence-corrected chi connectivity index (χ1v) is 9.07. The van der Waals surface area contributed by atoms with Crippen molar-refractivity contribution in [2.24, 2.45) is 0 Å². The molecule has 0 aromatic carbocycles. The Labute approximate surface area is 151 Å². The van der Waals surface area contributed by atoms with Crippen LogP contribution in [0.25, 0.3) is 10.6 Å². The fourth-order valence-electron chi connectivity index (χ4n) is 2.74. The molecule has 22 heavy (non-hydrogen) atoms. The molecule has 0 aliphatic carbocycles. The minimum Gasteiger partial charge on any atom is -0.655 e. The van der Waals surface area contributed by atoms with Crippen LogP contribution in [0.5, 0.6) is 0 Å². The minimum absolute atomic E-state index is 0. The first kappa shape index (κ1) is 24.7. The van der Waals surface area contributed by atoms with Crippen LogP contribution in [-0.4, -0.2) is 64.4 Å². The van der Waals surface area contributed by atoms with Gasteiger partial charge in [0.25, 0.3) is 0 Å². The van der Waals surface area contributed by atoms with Gasteiger partial charge in [0.1, 0.15) is 0 Å². The predicted octanol–water partition coefficient (Wildman–Crippen LogP) is -2.25. The van der Waals surface area contributed by atoms with Crippen LogP contribution in [0.1, 0.15) is 48.0 Å². The first-order chi connectivity index (χ1) is 10.1. The van der Waals surface area contributed by atoms with Crippen molar-refractivity contribution in [3.8, 4) is 0 Å². The van der Waals surface area contributed by atoms with Crippen LogP contribution in [0.3, 0.4) is 0 Å². The molecule has 0 aromatic heterocycles. The number of nitrogens with zero attached hydrogens (tertiary/aromatic N) is 2. The molecule has 0 aromatic rings. The van der Waals surface area contributed by atoms with Gasteiger partial charge in [0.05, 0.1) is 39.3 Å². The predicted molar refractivity (Wildman–Crippen MR) is 93.8 cm³/mol. The van der Waals surface area contributed by atoms with Crippen LogP contribution in [-0.2, 0) is 0 Å². The molecule has 2 atom stereocenters. The van der Waals surface area contributed by atoms with E-state index in [0.717, 1.165) is 19.5 Å². The average Bonchev–Trinajstić information content (AvgIpc) is 2.48. The van der Waals surface area contributed by atoms with Gasteiger partial charge in [-0.15, -0.1) is 12.1 Å². The summed E-state index contributed by atoms with van der Waals surface area (Å²) < 4.78 is 0. The topological polar surface area (TPSA) is 37.1 Å². The SMILES string of the molecule is CC[NH+](CC)CC[N-]C(C)CC(C)[N-]CC[NH+](CC)CC.[Li+]. The quantitative estimate of drug-likeness (QED) is 0.341. The first-order valence-electron chi connectivity index (χ1n) is 9.07. The molecule has 2 unspecified atom stereocenters. The Bertz CT molecular complexity index is 199. The Hall–Kier alpha value is 0.437. The van der Waals surface area contributed by atoms with E-state index in [-0.39, 0.29) is 18.9 Å². The molecule has 5 heteroatoms. The fourth-order valence-corrected chi connectivity index (χ4v) is 2.74. The number of hydrogen-bond acceptors (Lipinski definition) is 0. The van der Waals surface area contributed by atoms with E-state index >= 15 is 0 Å². The number of nitrogens with one attached hydrogen (secondary N) is 2. The molecule has 0 aliphatic rings. The van der Waals surface area contributed by atoms with Gasteiger partial charge >= 0.3 is 18.9 Å². The van der Waals surface area contributed by atoms with E-state index in [4.69, 9.17) is 10.6 Å². The van der Waals surface area contributed by atoms with Crippen LogP contribution >= 0.6 is 0 Å². The molecule has 0 fully saturated rings. The van der Waals surface area contributed by atoms with E-state index in [1.807, 2.05) is 0 Å². The standard InChI is InChI=1S/C17H38N4.Li/c1-7-20(8-2)13-11-18-16(5)15-17(6)19-12-14-21(9-3)10-4;/h16-17H,7-15H2,1-6H3;/q-2;+1/p+2. The average molecular weight is 307 g/mol. The Kier molecular flexibility index (Phi) is 18.3. The van der Waals surface area contributed by atoms with Crippen molar-refractivity contribution in [2.75, 3.05) is 52.4 Å². The summed E-state index contributed by atoms with van der Waals surface area (Å²) in [7, 11) is 0. The molecule has 0 aliphatic heterocycles. The molecule has 0 radical (unpaired) electrons. The van der Waals surface area contributed by atoms with Gasteiger partial charge in [0, 0.05) is 0 Å². The smallest absolute Gasteiger partial charge is 0.655 e. The number of quaternary nitrogens is 2. The zero-order valence-electron chi connectivity index (χ0n) is 16.4. The summed E-state index contributed by atoms with van der Waals surface area (Å²) in [6, 6.07) is 0.888. The van der Waals surface area contributed by atoms with E-state index in [0.29, 0.717) is 12.1 Å². The van der Waals surface area contributed by atoms with Crippen molar-refractivity contribution in [2.45, 2.75) is 60.0 Å². The molecule has 0 rings (SSSR count). The maximum absolute atomic E-state index is 4.79. The zero-order chi connectivity index (χ0) is 16.1. The molecule has 128 valence electrons. The third kappa shape index (κ3) is 12.9. The van der Waals surface area contributed by atoms with Crippen LogP contribution in [0.2, 0.25) is 0 Å². The van der Waals surface area contributed by atoms with Gasteiger partial charge in [-0.05, 0) is 27.7 Å². The Morgan fingerprint density at radius 1 is 0.682 bits per heavy atom. The fraction of sp³-hybridized carbons (Fsp3) is 1.00. The van der Waals surface area contributed by atoms with E-state index in [2.05, 4.69) is 41.5 Å². The van der Waals surface area contributed by atoms with Crippen molar-refractivity contribution in [3.63, 3.8) is 0 Å². The normalized spacial score (nSPS) is 14.2. The zero-order valence-corrected chi connectivity index (χ0v) is 16.4. The third-order valence-corrected chi connectivity index (χ3v) is 4.49. The van der Waals surface area contributed by atoms with E-state index < -0.39 is 0 Å². The van der Waals surface area contributed by atoms with Crippen LogP contribution in [0.4, 0.5) is 0 Å². The Morgan fingerprint density at radius 2 is 1.00 bits per heavy atom. The van der Waals surface area contributed by atoms with Gasteiger partial charge in [-0.3, -0.25) is 0 Å². The summed E-state index contributed by atoms with van der Waals surface area (Å²) in [5, 5.41) is 9.58. The van der Waals surface area contributed by atoms with Gasteiger partial charge in [-0.25, -0.2) is 0 Å². The molecule has 0 saturated carbocycles. The van der Waals surface area contributed by atoms with E-state index in [1.165, 1.54) is 39.3 Å². The number of likely N-dealkylation sites (N-methyl/N-ethyl adjacent to an activating group) is 2. The molecule has 0 amide bonds. The van der Waals surface area contributed by atoms with Crippen molar-refractivity contribution in [3.05, 3.63) is 10.6 Å². The molecule has 2 N–H and O–H groups in total. The monoisotopic (exact) mass is 307 g/mol. The second-order valence-electron chi connectivity index (χ2n) is 6.16. The maximum atomic E-state index is 4.79. The van der Waals surface area contributed by atoms with Crippen LogP contribution < -0.4 is 28.7 Å². The molecular weight excluding hydrogens is 267 g/mol. The van der Waals surface area contributed by atoms with Gasteiger partial charge < -0.3 is 20.4 Å². The van der Waals surface area contributed by atoms with E-state index in [9.17, 15) is 0 Å². The second kappa shape index (κ2) is 16.3. The summed E-state index contributed by atoms with van der Waals surface area (Å²) >= 11 is 0. The van der Waals surface area contributed by atoms with Gasteiger partial charge in [0.2, 0.25) is 0 Å². The van der Waals surface area contributed by atoms with Crippen LogP contribution in [0.15, 0.2) is 0 Å². The van der Waals surface area contributed by atoms with Crippen LogP contribution in [0, 0.1) is 0 Å². The largest absolute Gasteiger partial charge is 1.00 e. The minimum atomic E-state index is 0. The molecular formula is C17H40LiN4+. The molecule has 0 spiro atoms.